The molecule has 0 saturated heterocycles. The Balaban J connectivity index is 2.84. The maximum atomic E-state index is 13.0. The van der Waals surface area contributed by atoms with Crippen molar-refractivity contribution in [1.82, 2.24) is 5.43 Å². The molecule has 0 fully saturated rings. The molecule has 0 spiro atoms. The number of rotatable bonds is 5. The fraction of sp³-hybridized carbons (Fsp3) is 0.400. The molecule has 1 aromatic carbocycles. The van der Waals surface area contributed by atoms with Gasteiger partial charge >= 0.3 is 0 Å². The molecule has 1 rings (SSSR count). The van der Waals surface area contributed by atoms with Gasteiger partial charge in [-0.15, -0.1) is 0 Å². The summed E-state index contributed by atoms with van der Waals surface area (Å²) in [5.74, 6) is 4.72. The zero-order valence-corrected chi connectivity index (χ0v) is 10.9. The molecule has 0 aliphatic carbocycles. The fourth-order valence-electron chi connectivity index (χ4n) is 1.50. The Morgan fingerprint density at radius 1 is 1.53 bits per heavy atom. The van der Waals surface area contributed by atoms with Crippen molar-refractivity contribution in [2.75, 3.05) is 12.0 Å². The highest BCUT2D eigenvalue weighted by atomic mass is 35.5. The first kappa shape index (κ1) is 14.4. The van der Waals surface area contributed by atoms with E-state index in [1.807, 2.05) is 0 Å². The minimum atomic E-state index is -3.16. The summed E-state index contributed by atoms with van der Waals surface area (Å²) in [7, 11) is -3.16. The van der Waals surface area contributed by atoms with Crippen LogP contribution in [-0.4, -0.2) is 26.5 Å². The van der Waals surface area contributed by atoms with E-state index >= 15 is 0 Å². The SMILES string of the molecule is CS(=O)(=O)CC(Cc1cc(F)ccc1Cl)NN. The van der Waals surface area contributed by atoms with Gasteiger partial charge in [0.15, 0.2) is 0 Å². The van der Waals surface area contributed by atoms with E-state index in [9.17, 15) is 12.8 Å². The number of hydrazine groups is 1. The van der Waals surface area contributed by atoms with Crippen molar-refractivity contribution in [2.45, 2.75) is 12.5 Å². The van der Waals surface area contributed by atoms with Gasteiger partial charge in [-0.25, -0.2) is 12.8 Å². The zero-order chi connectivity index (χ0) is 13.1. The van der Waals surface area contributed by atoms with E-state index in [1.165, 1.54) is 18.2 Å². The van der Waals surface area contributed by atoms with Gasteiger partial charge in [-0.3, -0.25) is 11.3 Å². The molecule has 7 heteroatoms. The smallest absolute Gasteiger partial charge is 0.149 e. The highest BCUT2D eigenvalue weighted by Gasteiger charge is 2.16. The van der Waals surface area contributed by atoms with E-state index in [0.717, 1.165) is 6.26 Å². The number of hydrogen-bond acceptors (Lipinski definition) is 4. The van der Waals surface area contributed by atoms with Crippen molar-refractivity contribution < 1.29 is 12.8 Å². The van der Waals surface area contributed by atoms with Gasteiger partial charge in [0.2, 0.25) is 0 Å². The normalized spacial score (nSPS) is 13.6. The number of benzene rings is 1. The topological polar surface area (TPSA) is 72.2 Å². The van der Waals surface area contributed by atoms with Crippen LogP contribution in [0.3, 0.4) is 0 Å². The van der Waals surface area contributed by atoms with Crippen molar-refractivity contribution in [2.24, 2.45) is 5.84 Å². The molecular formula is C10H14ClFN2O2S. The summed E-state index contributed by atoms with van der Waals surface area (Å²) in [5, 5.41) is 0.389. The molecule has 1 unspecified atom stereocenters. The van der Waals surface area contributed by atoms with Crippen LogP contribution in [0.4, 0.5) is 4.39 Å². The summed E-state index contributed by atoms with van der Waals surface area (Å²) in [4.78, 5) is 0. The highest BCUT2D eigenvalue weighted by molar-refractivity contribution is 7.90. The van der Waals surface area contributed by atoms with E-state index in [0.29, 0.717) is 10.6 Å². The molecule has 1 aromatic rings. The third kappa shape index (κ3) is 4.99. The van der Waals surface area contributed by atoms with Crippen molar-refractivity contribution in [3.63, 3.8) is 0 Å². The van der Waals surface area contributed by atoms with Gasteiger partial charge in [-0.2, -0.15) is 0 Å². The molecule has 0 radical (unpaired) electrons. The second-order valence-corrected chi connectivity index (χ2v) is 6.49. The van der Waals surface area contributed by atoms with E-state index in [2.05, 4.69) is 5.43 Å². The quantitative estimate of drug-likeness (QED) is 0.621. The highest BCUT2D eigenvalue weighted by Crippen LogP contribution is 2.18. The lowest BCUT2D eigenvalue weighted by Crippen LogP contribution is -2.41. The molecule has 0 aromatic heterocycles. The Morgan fingerprint density at radius 2 is 2.18 bits per heavy atom. The first-order valence-electron chi connectivity index (χ1n) is 4.89. The molecule has 1 atom stereocenters. The number of nitrogens with one attached hydrogen (secondary N) is 1. The van der Waals surface area contributed by atoms with Crippen molar-refractivity contribution in [3.05, 3.63) is 34.6 Å². The average molecular weight is 281 g/mol. The van der Waals surface area contributed by atoms with Gasteiger partial charge in [0.1, 0.15) is 15.7 Å². The minimum Gasteiger partial charge on any atom is -0.271 e. The molecule has 3 N–H and O–H groups in total. The van der Waals surface area contributed by atoms with Crippen LogP contribution < -0.4 is 11.3 Å². The van der Waals surface area contributed by atoms with Gasteiger partial charge in [0, 0.05) is 17.3 Å². The average Bonchev–Trinajstić information content (AvgIpc) is 2.20. The Hall–Kier alpha value is -0.690. The summed E-state index contributed by atoms with van der Waals surface area (Å²) in [6.45, 7) is 0. The van der Waals surface area contributed by atoms with E-state index in [1.54, 1.807) is 0 Å². The van der Waals surface area contributed by atoms with Crippen LogP contribution in [0, 0.1) is 5.82 Å². The van der Waals surface area contributed by atoms with Crippen LogP contribution >= 0.6 is 11.6 Å². The second kappa shape index (κ2) is 5.77. The number of nitrogens with two attached hydrogens (primary N) is 1. The summed E-state index contributed by atoms with van der Waals surface area (Å²) in [6, 6.07) is 3.45. The Bertz CT molecular complexity index is 493. The molecule has 0 aliphatic rings. The lowest BCUT2D eigenvalue weighted by molar-refractivity contribution is 0.544. The molecule has 4 nitrogen and oxygen atoms in total. The predicted molar refractivity (Wildman–Crippen MR) is 65.9 cm³/mol. The maximum Gasteiger partial charge on any atom is 0.149 e. The standard InChI is InChI=1S/C10H14ClFN2O2S/c1-17(15,16)6-9(14-13)5-7-4-8(12)2-3-10(7)11/h2-4,9,14H,5-6,13H2,1H3. The minimum absolute atomic E-state index is 0.129. The molecule has 96 valence electrons. The molecule has 0 amide bonds. The van der Waals surface area contributed by atoms with Crippen LogP contribution in [0.1, 0.15) is 5.56 Å². The van der Waals surface area contributed by atoms with Crippen molar-refractivity contribution >= 4 is 21.4 Å². The van der Waals surface area contributed by atoms with Crippen LogP contribution in [0.25, 0.3) is 0 Å². The van der Waals surface area contributed by atoms with Crippen molar-refractivity contribution in [3.8, 4) is 0 Å². The first-order chi connectivity index (χ1) is 7.81. The molecule has 0 aliphatic heterocycles. The summed E-state index contributed by atoms with van der Waals surface area (Å²) in [5.41, 5.74) is 2.92. The van der Waals surface area contributed by atoms with E-state index in [-0.39, 0.29) is 12.2 Å². The van der Waals surface area contributed by atoms with E-state index < -0.39 is 21.7 Å². The summed E-state index contributed by atoms with van der Waals surface area (Å²) in [6.07, 6.45) is 1.37. The third-order valence-corrected chi connectivity index (χ3v) is 3.59. The van der Waals surface area contributed by atoms with Crippen LogP contribution in [0.2, 0.25) is 5.02 Å². The molecule has 0 heterocycles. The zero-order valence-electron chi connectivity index (χ0n) is 9.28. The Morgan fingerprint density at radius 3 is 2.71 bits per heavy atom. The number of hydrogen-bond donors (Lipinski definition) is 2. The maximum absolute atomic E-state index is 13.0. The van der Waals surface area contributed by atoms with Crippen molar-refractivity contribution in [1.29, 1.82) is 0 Å². The lowest BCUT2D eigenvalue weighted by Gasteiger charge is -2.15. The molecule has 0 bridgehead atoms. The Kier molecular flexibility index (Phi) is 4.88. The lowest BCUT2D eigenvalue weighted by atomic mass is 10.1. The largest absolute Gasteiger partial charge is 0.271 e. The van der Waals surface area contributed by atoms with E-state index in [4.69, 9.17) is 17.4 Å². The van der Waals surface area contributed by atoms with Gasteiger partial charge in [0.25, 0.3) is 0 Å². The van der Waals surface area contributed by atoms with Gasteiger partial charge in [0.05, 0.1) is 5.75 Å². The van der Waals surface area contributed by atoms with Gasteiger partial charge in [-0.1, -0.05) is 11.6 Å². The molecular weight excluding hydrogens is 267 g/mol. The molecule has 0 saturated carbocycles. The fourth-order valence-corrected chi connectivity index (χ4v) is 2.64. The first-order valence-corrected chi connectivity index (χ1v) is 7.33. The van der Waals surface area contributed by atoms with Crippen LogP contribution in [-0.2, 0) is 16.3 Å². The predicted octanol–water partition coefficient (Wildman–Crippen LogP) is 0.898. The number of halogens is 2. The van der Waals surface area contributed by atoms with Crippen LogP contribution in [0.5, 0.6) is 0 Å². The monoisotopic (exact) mass is 280 g/mol. The van der Waals surface area contributed by atoms with Gasteiger partial charge in [-0.05, 0) is 30.2 Å². The number of sulfone groups is 1. The van der Waals surface area contributed by atoms with Gasteiger partial charge < -0.3 is 0 Å². The summed E-state index contributed by atoms with van der Waals surface area (Å²) < 4.78 is 35.3. The summed E-state index contributed by atoms with van der Waals surface area (Å²) >= 11 is 5.88. The second-order valence-electron chi connectivity index (χ2n) is 3.90. The van der Waals surface area contributed by atoms with Crippen LogP contribution in [0.15, 0.2) is 18.2 Å². The third-order valence-electron chi connectivity index (χ3n) is 2.21. The molecule has 17 heavy (non-hydrogen) atoms. The Labute approximate surface area is 105 Å².